The normalized spacial score (nSPS) is 17.3. The molecule has 1 nitrogen and oxygen atoms in total. The molecular formula is C8H8O. The van der Waals surface area contributed by atoms with Crippen LogP contribution in [0.5, 0.6) is 0 Å². The van der Waals surface area contributed by atoms with E-state index in [1.54, 1.807) is 6.08 Å². The third-order valence-corrected chi connectivity index (χ3v) is 1.25. The maximum Gasteiger partial charge on any atom is 0.149 e. The van der Waals surface area contributed by atoms with Gasteiger partial charge in [0, 0.05) is 5.57 Å². The first-order chi connectivity index (χ1) is 4.33. The maximum atomic E-state index is 10.1. The van der Waals surface area contributed by atoms with Gasteiger partial charge in [0.25, 0.3) is 0 Å². The van der Waals surface area contributed by atoms with E-state index in [-0.39, 0.29) is 0 Å². The van der Waals surface area contributed by atoms with E-state index in [0.29, 0.717) is 0 Å². The van der Waals surface area contributed by atoms with Gasteiger partial charge in [-0.25, -0.2) is 0 Å². The van der Waals surface area contributed by atoms with Gasteiger partial charge in [-0.2, -0.15) is 0 Å². The number of allylic oxidation sites excluding steroid dienone is 5. The molecule has 0 radical (unpaired) electrons. The topological polar surface area (TPSA) is 17.1 Å². The third kappa shape index (κ3) is 1.39. The van der Waals surface area contributed by atoms with Crippen molar-refractivity contribution < 1.29 is 4.79 Å². The summed E-state index contributed by atoms with van der Waals surface area (Å²) >= 11 is 0. The fraction of sp³-hybridized carbons (Fsp3) is 0.125. The van der Waals surface area contributed by atoms with Crippen LogP contribution in [-0.4, -0.2) is 6.29 Å². The fourth-order valence-corrected chi connectivity index (χ4v) is 0.687. The summed E-state index contributed by atoms with van der Waals surface area (Å²) in [5, 5.41) is 0. The molecule has 0 aliphatic heterocycles. The summed E-state index contributed by atoms with van der Waals surface area (Å²) in [4.78, 5) is 10.1. The van der Waals surface area contributed by atoms with Crippen LogP contribution in [-0.2, 0) is 4.79 Å². The maximum absolute atomic E-state index is 10.1. The third-order valence-electron chi connectivity index (χ3n) is 1.25. The van der Waals surface area contributed by atoms with Crippen LogP contribution in [0, 0.1) is 0 Å². The summed E-state index contributed by atoms with van der Waals surface area (Å²) in [5.41, 5.74) is 1.81. The number of hydrogen-bond donors (Lipinski definition) is 0. The first kappa shape index (κ1) is 6.02. The molecule has 1 aliphatic rings. The van der Waals surface area contributed by atoms with Crippen molar-refractivity contribution in [1.29, 1.82) is 0 Å². The molecule has 1 rings (SSSR count). The monoisotopic (exact) mass is 120 g/mol. The van der Waals surface area contributed by atoms with Gasteiger partial charge in [-0.1, -0.05) is 30.4 Å². The van der Waals surface area contributed by atoms with Gasteiger partial charge in [0.15, 0.2) is 0 Å². The molecule has 1 heteroatoms. The minimum absolute atomic E-state index is 0.752. The Morgan fingerprint density at radius 3 is 2.78 bits per heavy atom. The molecule has 0 heterocycles. The highest BCUT2D eigenvalue weighted by Gasteiger charge is 1.95. The largest absolute Gasteiger partial charge is 0.298 e. The summed E-state index contributed by atoms with van der Waals surface area (Å²) in [5.74, 6) is 0. The number of aldehydes is 1. The van der Waals surface area contributed by atoms with E-state index < -0.39 is 0 Å². The van der Waals surface area contributed by atoms with E-state index in [9.17, 15) is 4.79 Å². The van der Waals surface area contributed by atoms with Crippen LogP contribution in [0.2, 0.25) is 0 Å². The van der Waals surface area contributed by atoms with Crippen LogP contribution in [0.4, 0.5) is 0 Å². The smallest absolute Gasteiger partial charge is 0.149 e. The lowest BCUT2D eigenvalue weighted by Crippen LogP contribution is -1.86. The van der Waals surface area contributed by atoms with Crippen molar-refractivity contribution in [1.82, 2.24) is 0 Å². The van der Waals surface area contributed by atoms with E-state index in [1.165, 1.54) is 0 Å². The Balaban J connectivity index is 2.73. The quantitative estimate of drug-likeness (QED) is 0.480. The van der Waals surface area contributed by atoms with Crippen LogP contribution in [0.15, 0.2) is 36.0 Å². The summed E-state index contributed by atoms with van der Waals surface area (Å²) in [7, 11) is 0. The molecule has 0 spiro atoms. The summed E-state index contributed by atoms with van der Waals surface area (Å²) in [6, 6.07) is 0. The van der Waals surface area contributed by atoms with Crippen molar-refractivity contribution in [3.8, 4) is 0 Å². The minimum atomic E-state index is 0.752. The van der Waals surface area contributed by atoms with Gasteiger partial charge < -0.3 is 0 Å². The van der Waals surface area contributed by atoms with Gasteiger partial charge in [0.2, 0.25) is 0 Å². The summed E-state index contributed by atoms with van der Waals surface area (Å²) in [6.07, 6.45) is 7.17. The number of hydrogen-bond acceptors (Lipinski definition) is 1. The highest BCUT2D eigenvalue weighted by molar-refractivity contribution is 5.78. The Morgan fingerprint density at radius 2 is 2.33 bits per heavy atom. The van der Waals surface area contributed by atoms with Crippen molar-refractivity contribution in [3.05, 3.63) is 36.0 Å². The first-order valence-corrected chi connectivity index (χ1v) is 2.84. The second-order valence-electron chi connectivity index (χ2n) is 2.02. The van der Waals surface area contributed by atoms with Crippen molar-refractivity contribution in [2.24, 2.45) is 0 Å². The lowest BCUT2D eigenvalue weighted by atomic mass is 10.1. The predicted octanol–water partition coefficient (Wildman–Crippen LogP) is 1.63. The molecule has 9 heavy (non-hydrogen) atoms. The molecule has 0 saturated heterocycles. The highest BCUT2D eigenvalue weighted by atomic mass is 16.1. The number of carbonyl (C=O) groups excluding carboxylic acids is 1. The highest BCUT2D eigenvalue weighted by Crippen LogP contribution is 2.11. The minimum Gasteiger partial charge on any atom is -0.298 e. The van der Waals surface area contributed by atoms with Gasteiger partial charge in [-0.15, -0.1) is 0 Å². The van der Waals surface area contributed by atoms with Crippen molar-refractivity contribution >= 4 is 6.29 Å². The van der Waals surface area contributed by atoms with Crippen molar-refractivity contribution in [2.75, 3.05) is 0 Å². The van der Waals surface area contributed by atoms with Crippen LogP contribution < -0.4 is 0 Å². The molecule has 0 fully saturated rings. The lowest BCUT2D eigenvalue weighted by Gasteiger charge is -2.00. The molecule has 46 valence electrons. The van der Waals surface area contributed by atoms with Crippen molar-refractivity contribution in [2.45, 2.75) is 6.42 Å². The molecule has 0 N–H and O–H groups in total. The van der Waals surface area contributed by atoms with Crippen LogP contribution in [0.1, 0.15) is 6.42 Å². The molecule has 0 amide bonds. The molecule has 0 aromatic carbocycles. The molecule has 0 bridgehead atoms. The molecular weight excluding hydrogens is 112 g/mol. The molecule has 0 unspecified atom stereocenters. The Morgan fingerprint density at radius 1 is 1.56 bits per heavy atom. The second-order valence-corrected chi connectivity index (χ2v) is 2.02. The first-order valence-electron chi connectivity index (χ1n) is 2.84. The molecule has 0 aromatic heterocycles. The van der Waals surface area contributed by atoms with E-state index in [1.807, 2.05) is 12.2 Å². The SMILES string of the molecule is C=C1C=CC(C=O)=CC1. The van der Waals surface area contributed by atoms with Gasteiger partial charge >= 0.3 is 0 Å². The predicted molar refractivity (Wildman–Crippen MR) is 37.0 cm³/mol. The van der Waals surface area contributed by atoms with Gasteiger partial charge in [-0.05, 0) is 6.42 Å². The Kier molecular flexibility index (Phi) is 1.63. The zero-order chi connectivity index (χ0) is 6.69. The van der Waals surface area contributed by atoms with E-state index >= 15 is 0 Å². The summed E-state index contributed by atoms with van der Waals surface area (Å²) < 4.78 is 0. The van der Waals surface area contributed by atoms with Crippen LogP contribution in [0.3, 0.4) is 0 Å². The Labute approximate surface area is 54.4 Å². The second kappa shape index (κ2) is 2.44. The molecule has 0 aromatic rings. The molecule has 0 saturated carbocycles. The summed E-state index contributed by atoms with van der Waals surface area (Å²) in [6.45, 7) is 3.74. The average molecular weight is 120 g/mol. The van der Waals surface area contributed by atoms with Crippen LogP contribution in [0.25, 0.3) is 0 Å². The zero-order valence-electron chi connectivity index (χ0n) is 5.13. The molecule has 1 aliphatic carbocycles. The van der Waals surface area contributed by atoms with Gasteiger partial charge in [0.05, 0.1) is 0 Å². The Hall–Kier alpha value is -1.11. The van der Waals surface area contributed by atoms with Gasteiger partial charge in [-0.3, -0.25) is 4.79 Å². The van der Waals surface area contributed by atoms with Crippen molar-refractivity contribution in [3.63, 3.8) is 0 Å². The van der Waals surface area contributed by atoms with E-state index in [4.69, 9.17) is 0 Å². The Bertz CT molecular complexity index is 197. The standard InChI is InChI=1S/C8H8O/c1-7-2-4-8(6-9)5-3-7/h2,4-6H,1,3H2. The zero-order valence-corrected chi connectivity index (χ0v) is 5.13. The molecule has 0 atom stereocenters. The lowest BCUT2D eigenvalue weighted by molar-refractivity contribution is -0.104. The fourth-order valence-electron chi connectivity index (χ4n) is 0.687. The van der Waals surface area contributed by atoms with E-state index in [0.717, 1.165) is 23.9 Å². The number of rotatable bonds is 1. The van der Waals surface area contributed by atoms with Gasteiger partial charge in [0.1, 0.15) is 6.29 Å². The van der Waals surface area contributed by atoms with Crippen LogP contribution >= 0.6 is 0 Å². The number of carbonyl (C=O) groups is 1. The van der Waals surface area contributed by atoms with E-state index in [2.05, 4.69) is 6.58 Å². The average Bonchev–Trinajstić information content (AvgIpc) is 1.90.